The van der Waals surface area contributed by atoms with Gasteiger partial charge in [0, 0.05) is 24.1 Å². The number of nitrogens with zero attached hydrogens (tertiary/aromatic N) is 2. The molecule has 7 heteroatoms. The minimum absolute atomic E-state index is 0.0409. The normalized spacial score (nSPS) is 16.6. The fourth-order valence-electron chi connectivity index (χ4n) is 3.19. The van der Waals surface area contributed by atoms with Crippen LogP contribution >= 0.6 is 0 Å². The first kappa shape index (κ1) is 18.5. The maximum absolute atomic E-state index is 10.8. The van der Waals surface area contributed by atoms with Gasteiger partial charge in [-0.25, -0.2) is 0 Å². The van der Waals surface area contributed by atoms with Crippen LogP contribution in [-0.4, -0.2) is 17.7 Å². The number of methoxy groups -OCH3 is 1. The lowest BCUT2D eigenvalue weighted by Crippen LogP contribution is -2.21. The van der Waals surface area contributed by atoms with Crippen LogP contribution in [0.25, 0.3) is 0 Å². The van der Waals surface area contributed by atoms with Crippen molar-refractivity contribution in [3.05, 3.63) is 94.0 Å². The molecule has 1 aliphatic rings. The highest BCUT2D eigenvalue weighted by atomic mass is 16.6. The highest BCUT2D eigenvalue weighted by Crippen LogP contribution is 2.35. The van der Waals surface area contributed by atoms with Gasteiger partial charge in [-0.3, -0.25) is 15.5 Å². The van der Waals surface area contributed by atoms with E-state index in [4.69, 9.17) is 9.47 Å². The second-order valence-electron chi connectivity index (χ2n) is 6.55. The zero-order valence-corrected chi connectivity index (χ0v) is 15.7. The number of rotatable bonds is 5. The van der Waals surface area contributed by atoms with Gasteiger partial charge in [0.05, 0.1) is 23.4 Å². The van der Waals surface area contributed by atoms with E-state index >= 15 is 0 Å². The molecule has 1 unspecified atom stereocenters. The standard InChI is InChI=1S/C22H19N3O4/c1-28-18-12-6-15(7-13-18)22-14-20(19-4-2-3-5-21(19)29-22)24-23-16-8-10-17(11-9-16)25(26)27/h2-13,22-23H,14H2,1H3. The molecule has 1 N–H and O–H groups in total. The summed E-state index contributed by atoms with van der Waals surface area (Å²) in [7, 11) is 1.64. The molecule has 0 fully saturated rings. The van der Waals surface area contributed by atoms with Gasteiger partial charge in [0.1, 0.15) is 17.6 Å². The van der Waals surface area contributed by atoms with Crippen LogP contribution in [0.3, 0.4) is 0 Å². The lowest BCUT2D eigenvalue weighted by Gasteiger charge is -2.27. The maximum Gasteiger partial charge on any atom is 0.269 e. The molecule has 3 aromatic carbocycles. The summed E-state index contributed by atoms with van der Waals surface area (Å²) < 4.78 is 11.4. The first-order valence-electron chi connectivity index (χ1n) is 9.11. The van der Waals surface area contributed by atoms with Crippen molar-refractivity contribution in [3.8, 4) is 11.5 Å². The molecule has 0 aliphatic carbocycles. The number of nitrogens with one attached hydrogen (secondary N) is 1. The topological polar surface area (TPSA) is 86.0 Å². The molecular weight excluding hydrogens is 370 g/mol. The molecule has 0 amide bonds. The van der Waals surface area contributed by atoms with Gasteiger partial charge in [-0.2, -0.15) is 5.10 Å². The van der Waals surface area contributed by atoms with Crippen LogP contribution in [-0.2, 0) is 0 Å². The van der Waals surface area contributed by atoms with E-state index in [1.807, 2.05) is 48.5 Å². The number of nitro groups is 1. The van der Waals surface area contributed by atoms with Crippen LogP contribution in [0.15, 0.2) is 77.9 Å². The van der Waals surface area contributed by atoms with Crippen LogP contribution in [0.1, 0.15) is 23.7 Å². The summed E-state index contributed by atoms with van der Waals surface area (Å²) in [5.41, 5.74) is 6.52. The Balaban J connectivity index is 1.60. The number of nitro benzene ring substituents is 1. The Kier molecular flexibility index (Phi) is 5.11. The largest absolute Gasteiger partial charge is 0.497 e. The molecule has 0 spiro atoms. The van der Waals surface area contributed by atoms with Crippen molar-refractivity contribution in [1.82, 2.24) is 0 Å². The number of hydrazone groups is 1. The van der Waals surface area contributed by atoms with Crippen LogP contribution < -0.4 is 14.9 Å². The van der Waals surface area contributed by atoms with Crippen molar-refractivity contribution in [3.63, 3.8) is 0 Å². The molecule has 0 saturated carbocycles. The molecule has 0 saturated heterocycles. The fourth-order valence-corrected chi connectivity index (χ4v) is 3.19. The smallest absolute Gasteiger partial charge is 0.269 e. The predicted molar refractivity (Wildman–Crippen MR) is 111 cm³/mol. The van der Waals surface area contributed by atoms with Gasteiger partial charge in [0.2, 0.25) is 0 Å². The van der Waals surface area contributed by atoms with Crippen molar-refractivity contribution in [2.24, 2.45) is 5.10 Å². The zero-order valence-electron chi connectivity index (χ0n) is 15.7. The molecule has 3 aromatic rings. The molecule has 0 aromatic heterocycles. The Bertz CT molecular complexity index is 1050. The summed E-state index contributed by atoms with van der Waals surface area (Å²) in [5.74, 6) is 1.56. The number of benzene rings is 3. The van der Waals surface area contributed by atoms with Crippen LogP contribution in [0.5, 0.6) is 11.5 Å². The van der Waals surface area contributed by atoms with Gasteiger partial charge in [-0.15, -0.1) is 0 Å². The molecular formula is C22H19N3O4. The molecule has 4 rings (SSSR count). The zero-order chi connectivity index (χ0) is 20.2. The predicted octanol–water partition coefficient (Wildman–Crippen LogP) is 4.94. The van der Waals surface area contributed by atoms with E-state index in [1.54, 1.807) is 19.2 Å². The molecule has 0 bridgehead atoms. The Hall–Kier alpha value is -3.87. The van der Waals surface area contributed by atoms with E-state index in [0.717, 1.165) is 28.3 Å². The van der Waals surface area contributed by atoms with E-state index in [-0.39, 0.29) is 11.8 Å². The first-order valence-corrected chi connectivity index (χ1v) is 9.11. The van der Waals surface area contributed by atoms with Crippen molar-refractivity contribution < 1.29 is 14.4 Å². The molecule has 29 heavy (non-hydrogen) atoms. The average molecular weight is 389 g/mol. The van der Waals surface area contributed by atoms with Gasteiger partial charge in [-0.05, 0) is 42.0 Å². The second-order valence-corrected chi connectivity index (χ2v) is 6.55. The van der Waals surface area contributed by atoms with Gasteiger partial charge in [-0.1, -0.05) is 24.3 Å². The summed E-state index contributed by atoms with van der Waals surface area (Å²) >= 11 is 0. The molecule has 146 valence electrons. The van der Waals surface area contributed by atoms with E-state index in [1.165, 1.54) is 12.1 Å². The molecule has 1 atom stereocenters. The van der Waals surface area contributed by atoms with Crippen LogP contribution in [0.4, 0.5) is 11.4 Å². The molecule has 0 radical (unpaired) electrons. The number of fused-ring (bicyclic) bond motifs is 1. The van der Waals surface area contributed by atoms with Crippen molar-refractivity contribution >= 4 is 17.1 Å². The highest BCUT2D eigenvalue weighted by Gasteiger charge is 2.26. The number of ether oxygens (including phenoxy) is 2. The third-order valence-electron chi connectivity index (χ3n) is 4.73. The first-order chi connectivity index (χ1) is 14.1. The van der Waals surface area contributed by atoms with Crippen molar-refractivity contribution in [2.75, 3.05) is 12.5 Å². The second kappa shape index (κ2) is 8.02. The minimum atomic E-state index is -0.427. The van der Waals surface area contributed by atoms with Crippen LogP contribution in [0.2, 0.25) is 0 Å². The third kappa shape index (κ3) is 4.03. The number of hydrogen-bond acceptors (Lipinski definition) is 6. The fraction of sp³-hybridized carbons (Fsp3) is 0.136. The van der Waals surface area contributed by atoms with Gasteiger partial charge in [0.15, 0.2) is 0 Å². The van der Waals surface area contributed by atoms with Gasteiger partial charge >= 0.3 is 0 Å². The van der Waals surface area contributed by atoms with E-state index < -0.39 is 4.92 Å². The van der Waals surface area contributed by atoms with Gasteiger partial charge in [0.25, 0.3) is 5.69 Å². The van der Waals surface area contributed by atoms with E-state index in [0.29, 0.717) is 12.1 Å². The summed E-state index contributed by atoms with van der Waals surface area (Å²) in [5, 5.41) is 15.4. The SMILES string of the molecule is COc1ccc(C2CC(=NNc3ccc([N+](=O)[O-])cc3)c3ccccc3O2)cc1. The Morgan fingerprint density at radius 1 is 1.07 bits per heavy atom. The summed E-state index contributed by atoms with van der Waals surface area (Å²) in [4.78, 5) is 10.4. The number of hydrogen-bond donors (Lipinski definition) is 1. The Morgan fingerprint density at radius 2 is 1.79 bits per heavy atom. The lowest BCUT2D eigenvalue weighted by atomic mass is 9.95. The Morgan fingerprint density at radius 3 is 2.48 bits per heavy atom. The third-order valence-corrected chi connectivity index (χ3v) is 4.73. The Labute approximate surface area is 167 Å². The maximum atomic E-state index is 10.8. The molecule has 1 aliphatic heterocycles. The molecule has 1 heterocycles. The van der Waals surface area contributed by atoms with E-state index in [9.17, 15) is 10.1 Å². The summed E-state index contributed by atoms with van der Waals surface area (Å²) in [6, 6.07) is 21.7. The number of anilines is 1. The minimum Gasteiger partial charge on any atom is -0.497 e. The number of non-ortho nitro benzene ring substituents is 1. The van der Waals surface area contributed by atoms with Crippen LogP contribution in [0, 0.1) is 10.1 Å². The van der Waals surface area contributed by atoms with Crippen molar-refractivity contribution in [2.45, 2.75) is 12.5 Å². The highest BCUT2D eigenvalue weighted by molar-refractivity contribution is 6.04. The quantitative estimate of drug-likeness (QED) is 0.493. The number of para-hydroxylation sites is 1. The van der Waals surface area contributed by atoms with Gasteiger partial charge < -0.3 is 9.47 Å². The summed E-state index contributed by atoms with van der Waals surface area (Å²) in [6.07, 6.45) is 0.414. The monoisotopic (exact) mass is 389 g/mol. The average Bonchev–Trinajstić information content (AvgIpc) is 2.77. The lowest BCUT2D eigenvalue weighted by molar-refractivity contribution is -0.384. The van der Waals surface area contributed by atoms with Crippen molar-refractivity contribution in [1.29, 1.82) is 0 Å². The summed E-state index contributed by atoms with van der Waals surface area (Å²) in [6.45, 7) is 0. The molecule has 7 nitrogen and oxygen atoms in total. The van der Waals surface area contributed by atoms with E-state index in [2.05, 4.69) is 10.5 Å².